The molecule has 0 aliphatic carbocycles. The Morgan fingerprint density at radius 1 is 1.21 bits per heavy atom. The molecule has 1 N–H and O–H groups in total. The zero-order valence-electron chi connectivity index (χ0n) is 12.8. The largest absolute Gasteiger partial charge is 0.481 e. The Morgan fingerprint density at radius 2 is 1.88 bits per heavy atom. The summed E-state index contributed by atoms with van der Waals surface area (Å²) in [4.78, 5) is 18.2. The number of benzene rings is 1. The van der Waals surface area contributed by atoms with Crippen LogP contribution in [0.3, 0.4) is 0 Å². The Hall–Kier alpha value is -2.09. The van der Waals surface area contributed by atoms with Gasteiger partial charge in [0.05, 0.1) is 5.69 Å². The first-order valence-electron chi connectivity index (χ1n) is 7.13. The lowest BCUT2D eigenvalue weighted by molar-refractivity contribution is -0.141. The SMILES string of the molecule is Cc1ccc(-c2cc(C(F)(F)F)nc(SCCCC(=O)O)n2)cc1. The Morgan fingerprint density at radius 3 is 2.46 bits per heavy atom. The number of carboxylic acid groups (broad SMARTS) is 1. The predicted molar refractivity (Wildman–Crippen MR) is 84.8 cm³/mol. The number of aryl methyl sites for hydroxylation is 1. The molecule has 1 heterocycles. The van der Waals surface area contributed by atoms with Crippen LogP contribution in [-0.4, -0.2) is 26.8 Å². The molecule has 0 unspecified atom stereocenters. The molecule has 2 aromatic rings. The Kier molecular flexibility index (Phi) is 5.82. The van der Waals surface area contributed by atoms with Gasteiger partial charge in [-0.1, -0.05) is 41.6 Å². The van der Waals surface area contributed by atoms with Crippen LogP contribution < -0.4 is 0 Å². The fourth-order valence-electron chi connectivity index (χ4n) is 1.89. The van der Waals surface area contributed by atoms with Gasteiger partial charge >= 0.3 is 12.1 Å². The summed E-state index contributed by atoms with van der Waals surface area (Å²) in [6, 6.07) is 7.92. The summed E-state index contributed by atoms with van der Waals surface area (Å²) in [5.74, 6) is -0.609. The number of carboxylic acids is 1. The van der Waals surface area contributed by atoms with E-state index >= 15 is 0 Å². The molecule has 0 spiro atoms. The van der Waals surface area contributed by atoms with Crippen molar-refractivity contribution in [2.45, 2.75) is 31.1 Å². The summed E-state index contributed by atoms with van der Waals surface area (Å²) >= 11 is 1.02. The lowest BCUT2D eigenvalue weighted by Gasteiger charge is -2.10. The zero-order chi connectivity index (χ0) is 17.7. The van der Waals surface area contributed by atoms with Crippen LogP contribution in [0.1, 0.15) is 24.1 Å². The van der Waals surface area contributed by atoms with Crippen LogP contribution in [0.2, 0.25) is 0 Å². The first-order valence-corrected chi connectivity index (χ1v) is 8.12. The summed E-state index contributed by atoms with van der Waals surface area (Å²) in [6.07, 6.45) is -4.28. The van der Waals surface area contributed by atoms with Crippen LogP contribution in [0, 0.1) is 6.92 Å². The fourth-order valence-corrected chi connectivity index (χ4v) is 2.69. The molecule has 0 aliphatic heterocycles. The van der Waals surface area contributed by atoms with Gasteiger partial charge in [-0.15, -0.1) is 0 Å². The summed E-state index contributed by atoms with van der Waals surface area (Å²) in [6.45, 7) is 1.88. The average molecular weight is 356 g/mol. The number of nitrogens with zero attached hydrogens (tertiary/aromatic N) is 2. The van der Waals surface area contributed by atoms with E-state index in [0.29, 0.717) is 17.7 Å². The number of alkyl halides is 3. The van der Waals surface area contributed by atoms with Gasteiger partial charge in [0.25, 0.3) is 0 Å². The van der Waals surface area contributed by atoms with Crippen LogP contribution in [0.5, 0.6) is 0 Å². The molecular weight excluding hydrogens is 341 g/mol. The van der Waals surface area contributed by atoms with Crippen molar-refractivity contribution >= 4 is 17.7 Å². The second-order valence-corrected chi connectivity index (χ2v) is 6.19. The van der Waals surface area contributed by atoms with E-state index in [1.807, 2.05) is 6.92 Å². The molecule has 128 valence electrons. The van der Waals surface area contributed by atoms with Gasteiger partial charge < -0.3 is 5.11 Å². The number of aliphatic carboxylic acids is 1. The Labute approximate surface area is 141 Å². The third-order valence-corrected chi connectivity index (χ3v) is 4.04. The number of hydrogen-bond acceptors (Lipinski definition) is 4. The molecule has 4 nitrogen and oxygen atoms in total. The molecular formula is C16H15F3N2O2S. The Bertz CT molecular complexity index is 718. The van der Waals surface area contributed by atoms with Gasteiger partial charge in [-0.25, -0.2) is 9.97 Å². The molecule has 0 saturated carbocycles. The number of thioether (sulfide) groups is 1. The highest BCUT2D eigenvalue weighted by molar-refractivity contribution is 7.99. The van der Waals surface area contributed by atoms with E-state index in [2.05, 4.69) is 9.97 Å². The number of hydrogen-bond donors (Lipinski definition) is 1. The number of rotatable bonds is 6. The lowest BCUT2D eigenvalue weighted by atomic mass is 10.1. The first-order chi connectivity index (χ1) is 11.3. The maximum Gasteiger partial charge on any atom is 0.433 e. The van der Waals surface area contributed by atoms with E-state index in [0.717, 1.165) is 23.4 Å². The van der Waals surface area contributed by atoms with Crippen LogP contribution in [0.4, 0.5) is 13.2 Å². The van der Waals surface area contributed by atoms with E-state index in [1.165, 1.54) is 0 Å². The van der Waals surface area contributed by atoms with E-state index < -0.39 is 17.8 Å². The highest BCUT2D eigenvalue weighted by Gasteiger charge is 2.33. The normalized spacial score (nSPS) is 11.5. The van der Waals surface area contributed by atoms with Gasteiger partial charge in [-0.05, 0) is 19.4 Å². The molecule has 2 rings (SSSR count). The molecule has 0 saturated heterocycles. The molecule has 8 heteroatoms. The molecule has 0 atom stereocenters. The third kappa shape index (κ3) is 5.23. The van der Waals surface area contributed by atoms with Gasteiger partial charge in [0.15, 0.2) is 5.16 Å². The summed E-state index contributed by atoms with van der Waals surface area (Å²) < 4.78 is 39.1. The van der Waals surface area contributed by atoms with Crippen LogP contribution in [0.25, 0.3) is 11.3 Å². The van der Waals surface area contributed by atoms with Crippen LogP contribution >= 0.6 is 11.8 Å². The second kappa shape index (κ2) is 7.65. The van der Waals surface area contributed by atoms with Crippen LogP contribution in [0.15, 0.2) is 35.5 Å². The maximum absolute atomic E-state index is 13.0. The van der Waals surface area contributed by atoms with Crippen molar-refractivity contribution in [2.75, 3.05) is 5.75 Å². The van der Waals surface area contributed by atoms with E-state index in [4.69, 9.17) is 5.11 Å². The predicted octanol–water partition coefficient (Wildman–Crippen LogP) is 4.43. The maximum atomic E-state index is 13.0. The summed E-state index contributed by atoms with van der Waals surface area (Å²) in [5.41, 5.74) is 0.750. The number of aromatic nitrogens is 2. The monoisotopic (exact) mass is 356 g/mol. The van der Waals surface area contributed by atoms with Crippen molar-refractivity contribution in [3.05, 3.63) is 41.6 Å². The highest BCUT2D eigenvalue weighted by atomic mass is 32.2. The van der Waals surface area contributed by atoms with Gasteiger partial charge in [0, 0.05) is 17.7 Å². The minimum atomic E-state index is -4.57. The standard InChI is InChI=1S/C16H15F3N2O2S/c1-10-4-6-11(7-5-10)12-9-13(16(17,18)19)21-15(20-12)24-8-2-3-14(22)23/h4-7,9H,2-3,8H2,1H3,(H,22,23). The second-order valence-electron chi connectivity index (χ2n) is 5.13. The minimum Gasteiger partial charge on any atom is -0.481 e. The van der Waals surface area contributed by atoms with Crippen molar-refractivity contribution in [1.82, 2.24) is 9.97 Å². The lowest BCUT2D eigenvalue weighted by Crippen LogP contribution is -2.10. The van der Waals surface area contributed by atoms with E-state index in [-0.39, 0.29) is 17.3 Å². The summed E-state index contributed by atoms with van der Waals surface area (Å²) in [7, 11) is 0. The first kappa shape index (κ1) is 18.3. The van der Waals surface area contributed by atoms with Gasteiger partial charge in [0.2, 0.25) is 0 Å². The van der Waals surface area contributed by atoms with Gasteiger partial charge in [0.1, 0.15) is 5.69 Å². The molecule has 0 radical (unpaired) electrons. The van der Waals surface area contributed by atoms with Crippen molar-refractivity contribution in [3.8, 4) is 11.3 Å². The quantitative estimate of drug-likeness (QED) is 0.471. The van der Waals surface area contributed by atoms with Crippen molar-refractivity contribution in [3.63, 3.8) is 0 Å². The highest BCUT2D eigenvalue weighted by Crippen LogP contribution is 2.32. The third-order valence-electron chi connectivity index (χ3n) is 3.11. The van der Waals surface area contributed by atoms with E-state index in [1.54, 1.807) is 24.3 Å². The number of carbonyl (C=O) groups is 1. The van der Waals surface area contributed by atoms with Crippen molar-refractivity contribution in [1.29, 1.82) is 0 Å². The molecule has 0 amide bonds. The molecule has 0 aliphatic rings. The Balaban J connectivity index is 2.28. The summed E-state index contributed by atoms with van der Waals surface area (Å²) in [5, 5.41) is 8.58. The molecule has 0 bridgehead atoms. The number of halogens is 3. The van der Waals surface area contributed by atoms with Crippen LogP contribution in [-0.2, 0) is 11.0 Å². The van der Waals surface area contributed by atoms with Crippen molar-refractivity contribution < 1.29 is 23.1 Å². The van der Waals surface area contributed by atoms with Crippen molar-refractivity contribution in [2.24, 2.45) is 0 Å². The van der Waals surface area contributed by atoms with Gasteiger partial charge in [-0.3, -0.25) is 4.79 Å². The topological polar surface area (TPSA) is 63.1 Å². The van der Waals surface area contributed by atoms with Gasteiger partial charge in [-0.2, -0.15) is 13.2 Å². The molecule has 1 aromatic carbocycles. The molecule has 1 aromatic heterocycles. The minimum absolute atomic E-state index is 0.00853. The fraction of sp³-hybridized carbons (Fsp3) is 0.312. The molecule has 24 heavy (non-hydrogen) atoms. The zero-order valence-corrected chi connectivity index (χ0v) is 13.6. The van der Waals surface area contributed by atoms with E-state index in [9.17, 15) is 18.0 Å². The molecule has 0 fully saturated rings. The average Bonchev–Trinajstić information content (AvgIpc) is 2.51. The smallest absolute Gasteiger partial charge is 0.433 e.